The lowest BCUT2D eigenvalue weighted by atomic mass is 10.2. The minimum Gasteiger partial charge on any atom is -0.399 e. The third-order valence-electron chi connectivity index (χ3n) is 4.61. The molecule has 9 heteroatoms. The van der Waals surface area contributed by atoms with Crippen molar-refractivity contribution in [3.8, 4) is 0 Å². The fourth-order valence-corrected chi connectivity index (χ4v) is 7.11. The Hall–Kier alpha value is -2.10. The molecule has 0 saturated carbocycles. The molecule has 146 valence electrons. The summed E-state index contributed by atoms with van der Waals surface area (Å²) in [5.74, 6) is -0.909. The summed E-state index contributed by atoms with van der Waals surface area (Å²) in [6.07, 6.45) is -1.31. The number of hydrogen-bond donors (Lipinski definition) is 2. The molecule has 7 nitrogen and oxygen atoms in total. The molecule has 1 aliphatic heterocycles. The minimum atomic E-state index is -4.11. The maximum Gasteiger partial charge on any atom is 0.264 e. The lowest BCUT2D eigenvalue weighted by Crippen LogP contribution is -2.47. The van der Waals surface area contributed by atoms with Crippen LogP contribution in [0.25, 0.3) is 0 Å². The lowest BCUT2D eigenvalue weighted by Gasteiger charge is -2.32. The summed E-state index contributed by atoms with van der Waals surface area (Å²) in [7, 11) is -7.66. The van der Waals surface area contributed by atoms with Crippen molar-refractivity contribution in [3.05, 3.63) is 53.6 Å². The number of nitrogens with two attached hydrogens (primary N) is 1. The van der Waals surface area contributed by atoms with Gasteiger partial charge in [-0.05, 0) is 49.7 Å². The van der Waals surface area contributed by atoms with E-state index >= 15 is 0 Å². The molecule has 0 bridgehead atoms. The van der Waals surface area contributed by atoms with Gasteiger partial charge in [-0.1, -0.05) is 17.7 Å². The average molecular weight is 411 g/mol. The van der Waals surface area contributed by atoms with E-state index in [4.69, 9.17) is 5.73 Å². The zero-order chi connectivity index (χ0) is 20.0. The van der Waals surface area contributed by atoms with Crippen LogP contribution in [-0.4, -0.2) is 45.6 Å². The molecule has 0 amide bonds. The molecule has 0 aromatic heterocycles. The first kappa shape index (κ1) is 19.7. The van der Waals surface area contributed by atoms with E-state index in [-0.39, 0.29) is 10.6 Å². The highest BCUT2D eigenvalue weighted by Crippen LogP contribution is 2.32. The Kier molecular flexibility index (Phi) is 4.96. The van der Waals surface area contributed by atoms with E-state index in [1.807, 2.05) is 6.92 Å². The Morgan fingerprint density at radius 3 is 2.22 bits per heavy atom. The number of benzene rings is 2. The molecule has 2 aromatic rings. The van der Waals surface area contributed by atoms with Crippen molar-refractivity contribution < 1.29 is 21.9 Å². The molecular weight excluding hydrogens is 388 g/mol. The molecule has 1 heterocycles. The number of sulfone groups is 1. The minimum absolute atomic E-state index is 0.0708. The Morgan fingerprint density at radius 2 is 1.70 bits per heavy atom. The van der Waals surface area contributed by atoms with Crippen LogP contribution in [0.2, 0.25) is 0 Å². The topological polar surface area (TPSA) is 118 Å². The summed E-state index contributed by atoms with van der Waals surface area (Å²) >= 11 is 0. The van der Waals surface area contributed by atoms with Crippen LogP contribution in [0.4, 0.5) is 11.4 Å². The average Bonchev–Trinajstić information content (AvgIpc) is 2.81. The molecule has 1 aliphatic rings. The van der Waals surface area contributed by atoms with Gasteiger partial charge >= 0.3 is 0 Å². The fraction of sp³-hybridized carbons (Fsp3) is 0.333. The van der Waals surface area contributed by atoms with Gasteiger partial charge in [0.05, 0.1) is 34.2 Å². The smallest absolute Gasteiger partial charge is 0.264 e. The molecule has 2 aromatic carbocycles. The van der Waals surface area contributed by atoms with Gasteiger partial charge in [-0.15, -0.1) is 0 Å². The second kappa shape index (κ2) is 6.81. The number of aliphatic hydroxyl groups is 1. The number of anilines is 2. The van der Waals surface area contributed by atoms with E-state index in [1.54, 1.807) is 19.1 Å². The van der Waals surface area contributed by atoms with Crippen LogP contribution in [0.15, 0.2) is 47.4 Å². The maximum atomic E-state index is 13.5. The van der Waals surface area contributed by atoms with Crippen LogP contribution in [0.3, 0.4) is 0 Å². The summed E-state index contributed by atoms with van der Waals surface area (Å²) in [4.78, 5) is 0.0708. The third kappa shape index (κ3) is 3.80. The van der Waals surface area contributed by atoms with Gasteiger partial charge in [0.15, 0.2) is 9.84 Å². The molecule has 1 saturated heterocycles. The molecule has 0 aliphatic carbocycles. The normalized spacial score (nSPS) is 21.9. The van der Waals surface area contributed by atoms with Gasteiger partial charge in [0.25, 0.3) is 10.0 Å². The SMILES string of the molecule is Cc1ccc(S(=O)(=O)N(c2ccc(N)cc2)[C@H]2CS(=O)(=O)C[C@H]2O)c(C)c1. The quantitative estimate of drug-likeness (QED) is 0.732. The predicted molar refractivity (Wildman–Crippen MR) is 105 cm³/mol. The van der Waals surface area contributed by atoms with E-state index in [0.717, 1.165) is 9.87 Å². The van der Waals surface area contributed by atoms with Gasteiger partial charge in [0.1, 0.15) is 0 Å². The van der Waals surface area contributed by atoms with Crippen LogP contribution in [0, 0.1) is 13.8 Å². The third-order valence-corrected chi connectivity index (χ3v) is 8.32. The van der Waals surface area contributed by atoms with Crippen LogP contribution >= 0.6 is 0 Å². The summed E-state index contributed by atoms with van der Waals surface area (Å²) < 4.78 is 52.0. The van der Waals surface area contributed by atoms with Gasteiger partial charge < -0.3 is 10.8 Å². The molecule has 3 N–H and O–H groups in total. The number of hydrogen-bond acceptors (Lipinski definition) is 6. The number of nitrogen functional groups attached to an aromatic ring is 1. The highest BCUT2D eigenvalue weighted by molar-refractivity contribution is 7.93. The molecule has 1 fully saturated rings. The largest absolute Gasteiger partial charge is 0.399 e. The number of rotatable bonds is 4. The Bertz CT molecular complexity index is 1060. The molecular formula is C18H22N2O5S2. The highest BCUT2D eigenvalue weighted by atomic mass is 32.2. The zero-order valence-electron chi connectivity index (χ0n) is 15.0. The van der Waals surface area contributed by atoms with Crippen molar-refractivity contribution in [1.82, 2.24) is 0 Å². The summed E-state index contributed by atoms with van der Waals surface area (Å²) in [6.45, 7) is 3.54. The van der Waals surface area contributed by atoms with Crippen molar-refractivity contribution in [2.24, 2.45) is 0 Å². The van der Waals surface area contributed by atoms with Crippen molar-refractivity contribution in [2.75, 3.05) is 21.5 Å². The van der Waals surface area contributed by atoms with Crippen LogP contribution < -0.4 is 10.0 Å². The van der Waals surface area contributed by atoms with E-state index in [0.29, 0.717) is 11.3 Å². The summed E-state index contributed by atoms with van der Waals surface area (Å²) in [5, 5.41) is 10.3. The molecule has 2 atom stereocenters. The van der Waals surface area contributed by atoms with Crippen molar-refractivity contribution in [3.63, 3.8) is 0 Å². The Balaban J connectivity index is 2.19. The standard InChI is InChI=1S/C18H22N2O5S2/c1-12-3-8-18(13(2)9-12)27(24,25)20(15-6-4-14(19)5-7-15)16-10-26(22,23)11-17(16)21/h3-9,16-17,21H,10-11,19H2,1-2H3/t16-,17+/m0/s1. The first-order chi connectivity index (χ1) is 12.5. The van der Waals surface area contributed by atoms with Gasteiger partial charge in [0, 0.05) is 5.69 Å². The number of aryl methyl sites for hydroxylation is 2. The highest BCUT2D eigenvalue weighted by Gasteiger charge is 2.45. The van der Waals surface area contributed by atoms with Crippen LogP contribution in [0.5, 0.6) is 0 Å². The molecule has 0 unspecified atom stereocenters. The number of sulfonamides is 1. The zero-order valence-corrected chi connectivity index (χ0v) is 16.7. The second-order valence-corrected chi connectivity index (χ2v) is 10.8. The first-order valence-corrected chi connectivity index (χ1v) is 11.6. The van der Waals surface area contributed by atoms with E-state index in [2.05, 4.69) is 0 Å². The Morgan fingerprint density at radius 1 is 1.07 bits per heavy atom. The molecule has 0 radical (unpaired) electrons. The fourth-order valence-electron chi connectivity index (χ4n) is 3.36. The Labute approximate surface area is 159 Å². The maximum absolute atomic E-state index is 13.5. The summed E-state index contributed by atoms with van der Waals surface area (Å²) in [6, 6.07) is 9.91. The monoisotopic (exact) mass is 410 g/mol. The van der Waals surface area contributed by atoms with Crippen LogP contribution in [-0.2, 0) is 19.9 Å². The molecule has 3 rings (SSSR count). The van der Waals surface area contributed by atoms with E-state index < -0.39 is 43.5 Å². The predicted octanol–water partition coefficient (Wildman–Crippen LogP) is 1.24. The lowest BCUT2D eigenvalue weighted by molar-refractivity contribution is 0.184. The number of nitrogens with zero attached hydrogens (tertiary/aromatic N) is 1. The summed E-state index contributed by atoms with van der Waals surface area (Å²) in [5.41, 5.74) is 7.86. The van der Waals surface area contributed by atoms with Crippen molar-refractivity contribution in [2.45, 2.75) is 30.9 Å². The second-order valence-electron chi connectivity index (χ2n) is 6.87. The van der Waals surface area contributed by atoms with Crippen molar-refractivity contribution >= 4 is 31.2 Å². The van der Waals surface area contributed by atoms with Crippen LogP contribution in [0.1, 0.15) is 11.1 Å². The van der Waals surface area contributed by atoms with Gasteiger partial charge in [-0.2, -0.15) is 0 Å². The van der Waals surface area contributed by atoms with E-state index in [9.17, 15) is 21.9 Å². The first-order valence-electron chi connectivity index (χ1n) is 8.37. The van der Waals surface area contributed by atoms with Gasteiger partial charge in [-0.25, -0.2) is 16.8 Å². The molecule has 0 spiro atoms. The van der Waals surface area contributed by atoms with Crippen molar-refractivity contribution in [1.29, 1.82) is 0 Å². The number of aliphatic hydroxyl groups excluding tert-OH is 1. The van der Waals surface area contributed by atoms with Gasteiger partial charge in [0.2, 0.25) is 0 Å². The van der Waals surface area contributed by atoms with Gasteiger partial charge in [-0.3, -0.25) is 4.31 Å². The van der Waals surface area contributed by atoms with E-state index in [1.165, 1.54) is 30.3 Å². The molecule has 27 heavy (non-hydrogen) atoms.